The van der Waals surface area contributed by atoms with E-state index < -0.39 is 0 Å². The van der Waals surface area contributed by atoms with Gasteiger partial charge in [-0.3, -0.25) is 4.90 Å². The molecule has 0 aromatic rings. The van der Waals surface area contributed by atoms with Crippen LogP contribution in [0.25, 0.3) is 0 Å². The third-order valence-electron chi connectivity index (χ3n) is 3.73. The van der Waals surface area contributed by atoms with Crippen LogP contribution in [-0.4, -0.2) is 23.0 Å². The van der Waals surface area contributed by atoms with Crippen molar-refractivity contribution >= 4 is 0 Å². The minimum Gasteiger partial charge on any atom is -0.295 e. The molecule has 1 fully saturated rings. The molecule has 0 bridgehead atoms. The van der Waals surface area contributed by atoms with Crippen molar-refractivity contribution in [2.45, 2.75) is 78.9 Å². The minimum absolute atomic E-state index is 0.742. The summed E-state index contributed by atoms with van der Waals surface area (Å²) in [5, 5.41) is 0. The standard InChI is InChI=1S/C14H29N/c1-10(2)9-12(5)15(14-7-8-14)13(6)11(3)4/h10-14H,7-9H2,1-6H3/t12-,13-/m0/s1. The molecule has 0 aliphatic heterocycles. The Balaban J connectivity index is 2.56. The van der Waals surface area contributed by atoms with Crippen molar-refractivity contribution in [2.24, 2.45) is 11.8 Å². The summed E-state index contributed by atoms with van der Waals surface area (Å²) in [5.74, 6) is 1.60. The average molecular weight is 211 g/mol. The molecule has 0 heterocycles. The van der Waals surface area contributed by atoms with Gasteiger partial charge in [0.2, 0.25) is 0 Å². The van der Waals surface area contributed by atoms with E-state index in [-0.39, 0.29) is 0 Å². The molecule has 1 rings (SSSR count). The van der Waals surface area contributed by atoms with Crippen molar-refractivity contribution in [2.75, 3.05) is 0 Å². The largest absolute Gasteiger partial charge is 0.295 e. The Hall–Kier alpha value is -0.0400. The fourth-order valence-corrected chi connectivity index (χ4v) is 2.61. The van der Waals surface area contributed by atoms with E-state index >= 15 is 0 Å². The summed E-state index contributed by atoms with van der Waals surface area (Å²) in [7, 11) is 0. The maximum Gasteiger partial charge on any atom is 0.0102 e. The monoisotopic (exact) mass is 211 g/mol. The summed E-state index contributed by atoms with van der Waals surface area (Å²) in [4.78, 5) is 2.78. The van der Waals surface area contributed by atoms with Gasteiger partial charge >= 0.3 is 0 Å². The maximum atomic E-state index is 2.78. The van der Waals surface area contributed by atoms with E-state index in [0.29, 0.717) is 0 Å². The van der Waals surface area contributed by atoms with Gasteiger partial charge in [-0.05, 0) is 44.9 Å². The molecule has 0 aromatic heterocycles. The van der Waals surface area contributed by atoms with Crippen LogP contribution in [0.1, 0.15) is 60.8 Å². The highest BCUT2D eigenvalue weighted by Gasteiger charge is 2.36. The van der Waals surface area contributed by atoms with Gasteiger partial charge in [0, 0.05) is 18.1 Å². The van der Waals surface area contributed by atoms with Crippen molar-refractivity contribution < 1.29 is 0 Å². The Labute approximate surface area is 96.2 Å². The molecule has 1 nitrogen and oxygen atoms in total. The lowest BCUT2D eigenvalue weighted by molar-refractivity contribution is 0.0989. The molecule has 0 radical (unpaired) electrons. The molecular formula is C14H29N. The zero-order valence-electron chi connectivity index (χ0n) is 11.5. The highest BCUT2D eigenvalue weighted by molar-refractivity contribution is 4.91. The zero-order valence-corrected chi connectivity index (χ0v) is 11.5. The van der Waals surface area contributed by atoms with E-state index in [9.17, 15) is 0 Å². The predicted octanol–water partition coefficient (Wildman–Crippen LogP) is 3.93. The average Bonchev–Trinajstić information content (AvgIpc) is 2.86. The zero-order chi connectivity index (χ0) is 11.6. The quantitative estimate of drug-likeness (QED) is 0.643. The van der Waals surface area contributed by atoms with Gasteiger partial charge in [-0.1, -0.05) is 27.7 Å². The lowest BCUT2D eigenvalue weighted by Gasteiger charge is -2.37. The molecule has 1 aliphatic rings. The lowest BCUT2D eigenvalue weighted by atomic mass is 9.98. The first-order valence-corrected chi connectivity index (χ1v) is 6.71. The molecule has 0 spiro atoms. The van der Waals surface area contributed by atoms with Crippen LogP contribution in [0.3, 0.4) is 0 Å². The molecule has 1 heteroatoms. The van der Waals surface area contributed by atoms with E-state index in [1.165, 1.54) is 19.3 Å². The highest BCUT2D eigenvalue weighted by atomic mass is 15.2. The number of hydrogen-bond acceptors (Lipinski definition) is 1. The first-order valence-electron chi connectivity index (χ1n) is 6.71. The van der Waals surface area contributed by atoms with E-state index in [1.54, 1.807) is 0 Å². The SMILES string of the molecule is CC(C)C[C@H](C)N(C1CC1)[C@@H](C)C(C)C. The van der Waals surface area contributed by atoms with Crippen LogP contribution < -0.4 is 0 Å². The summed E-state index contributed by atoms with van der Waals surface area (Å²) < 4.78 is 0. The lowest BCUT2D eigenvalue weighted by Crippen LogP contribution is -2.45. The summed E-state index contributed by atoms with van der Waals surface area (Å²) in [6, 6.07) is 2.40. The van der Waals surface area contributed by atoms with Gasteiger partial charge in [0.05, 0.1) is 0 Å². The first-order chi connectivity index (χ1) is 6.93. The van der Waals surface area contributed by atoms with E-state index in [4.69, 9.17) is 0 Å². The number of hydrogen-bond donors (Lipinski definition) is 0. The fourth-order valence-electron chi connectivity index (χ4n) is 2.61. The van der Waals surface area contributed by atoms with Crippen LogP contribution in [0, 0.1) is 11.8 Å². The van der Waals surface area contributed by atoms with Crippen molar-refractivity contribution in [3.05, 3.63) is 0 Å². The predicted molar refractivity (Wildman–Crippen MR) is 68.1 cm³/mol. The Bertz CT molecular complexity index is 182. The normalized spacial score (nSPS) is 21.4. The molecule has 0 aromatic carbocycles. The smallest absolute Gasteiger partial charge is 0.0102 e. The summed E-state index contributed by atoms with van der Waals surface area (Å²) in [6.45, 7) is 14.2. The molecule has 0 unspecified atom stereocenters. The fraction of sp³-hybridized carbons (Fsp3) is 1.00. The molecule has 1 saturated carbocycles. The molecule has 0 saturated heterocycles. The van der Waals surface area contributed by atoms with Gasteiger partial charge in [0.15, 0.2) is 0 Å². The Kier molecular flexibility index (Phi) is 4.64. The van der Waals surface area contributed by atoms with Crippen LogP contribution in [-0.2, 0) is 0 Å². The summed E-state index contributed by atoms with van der Waals surface area (Å²) in [6.07, 6.45) is 4.20. The Morgan fingerprint density at radius 1 is 1.00 bits per heavy atom. The van der Waals surface area contributed by atoms with Gasteiger partial charge in [-0.15, -0.1) is 0 Å². The molecule has 2 atom stereocenters. The maximum absolute atomic E-state index is 2.78. The van der Waals surface area contributed by atoms with Gasteiger partial charge < -0.3 is 0 Å². The van der Waals surface area contributed by atoms with Crippen molar-refractivity contribution in [1.82, 2.24) is 4.90 Å². The summed E-state index contributed by atoms with van der Waals surface area (Å²) in [5.41, 5.74) is 0. The molecule has 1 aliphatic carbocycles. The molecular weight excluding hydrogens is 182 g/mol. The van der Waals surface area contributed by atoms with E-state index in [2.05, 4.69) is 46.4 Å². The van der Waals surface area contributed by atoms with Crippen molar-refractivity contribution in [3.63, 3.8) is 0 Å². The molecule has 90 valence electrons. The van der Waals surface area contributed by atoms with Crippen LogP contribution >= 0.6 is 0 Å². The first kappa shape index (κ1) is 13.0. The Morgan fingerprint density at radius 3 is 1.87 bits per heavy atom. The second-order valence-electron chi connectivity index (χ2n) is 6.14. The van der Waals surface area contributed by atoms with Crippen molar-refractivity contribution in [1.29, 1.82) is 0 Å². The van der Waals surface area contributed by atoms with Gasteiger partial charge in [-0.25, -0.2) is 0 Å². The van der Waals surface area contributed by atoms with Gasteiger partial charge in [0.25, 0.3) is 0 Å². The second-order valence-corrected chi connectivity index (χ2v) is 6.14. The highest BCUT2D eigenvalue weighted by Crippen LogP contribution is 2.33. The van der Waals surface area contributed by atoms with Crippen molar-refractivity contribution in [3.8, 4) is 0 Å². The number of nitrogens with zero attached hydrogens (tertiary/aromatic N) is 1. The molecule has 0 N–H and O–H groups in total. The van der Waals surface area contributed by atoms with E-state index in [1.807, 2.05) is 0 Å². The topological polar surface area (TPSA) is 3.24 Å². The van der Waals surface area contributed by atoms with Gasteiger partial charge in [-0.2, -0.15) is 0 Å². The van der Waals surface area contributed by atoms with Crippen LogP contribution in [0.2, 0.25) is 0 Å². The van der Waals surface area contributed by atoms with Crippen LogP contribution in [0.4, 0.5) is 0 Å². The van der Waals surface area contributed by atoms with E-state index in [0.717, 1.165) is 30.0 Å². The minimum atomic E-state index is 0.742. The molecule has 15 heavy (non-hydrogen) atoms. The second kappa shape index (κ2) is 5.34. The Morgan fingerprint density at radius 2 is 1.53 bits per heavy atom. The third kappa shape index (κ3) is 3.79. The number of rotatable bonds is 6. The summed E-state index contributed by atoms with van der Waals surface area (Å²) >= 11 is 0. The van der Waals surface area contributed by atoms with Crippen LogP contribution in [0.15, 0.2) is 0 Å². The van der Waals surface area contributed by atoms with Crippen LogP contribution in [0.5, 0.6) is 0 Å². The molecule has 0 amide bonds. The van der Waals surface area contributed by atoms with Gasteiger partial charge in [0.1, 0.15) is 0 Å². The third-order valence-corrected chi connectivity index (χ3v) is 3.73.